The number of halogens is 3. The summed E-state index contributed by atoms with van der Waals surface area (Å²) in [7, 11) is 0. The first-order chi connectivity index (χ1) is 12.9. The third-order valence-electron chi connectivity index (χ3n) is 4.62. The fraction of sp³-hybridized carbons (Fsp3) is 0.611. The second kappa shape index (κ2) is 8.35. The van der Waals surface area contributed by atoms with Crippen molar-refractivity contribution in [1.82, 2.24) is 0 Å². The fourth-order valence-corrected chi connectivity index (χ4v) is 3.40. The number of nitrogens with one attached hydrogen (secondary N) is 1. The Labute approximate surface area is 155 Å². The van der Waals surface area contributed by atoms with Crippen LogP contribution in [0.2, 0.25) is 0 Å². The summed E-state index contributed by atoms with van der Waals surface area (Å²) in [6, 6.07) is 5.64. The van der Waals surface area contributed by atoms with Crippen LogP contribution < -0.4 is 15.8 Å². The highest BCUT2D eigenvalue weighted by Gasteiger charge is 2.41. The van der Waals surface area contributed by atoms with Crippen LogP contribution in [0.15, 0.2) is 29.3 Å². The average molecular weight is 387 g/mol. The molecule has 1 aliphatic heterocycles. The standard InChI is InChI=1S/C18H24F3N3O3/c19-18(20,21)27-15-8-4-3-7-14(15)24-16(22)23-11-13-12-25-17(26-13)9-5-1-2-6-10-17/h3-4,7-8,13H,1-2,5-6,9-12H2,(H3,22,23,24). The molecule has 2 aliphatic rings. The Morgan fingerprint density at radius 2 is 1.93 bits per heavy atom. The largest absolute Gasteiger partial charge is 0.573 e. The molecule has 0 aromatic heterocycles. The summed E-state index contributed by atoms with van der Waals surface area (Å²) in [4.78, 5) is 4.18. The molecule has 1 saturated carbocycles. The molecule has 27 heavy (non-hydrogen) atoms. The van der Waals surface area contributed by atoms with Gasteiger partial charge in [0, 0.05) is 12.8 Å². The van der Waals surface area contributed by atoms with Gasteiger partial charge in [-0.25, -0.2) is 0 Å². The monoisotopic (exact) mass is 387 g/mol. The summed E-state index contributed by atoms with van der Waals surface area (Å²) < 4.78 is 53.4. The number of ether oxygens (including phenoxy) is 3. The molecule has 0 bridgehead atoms. The zero-order chi connectivity index (χ0) is 19.3. The van der Waals surface area contributed by atoms with Crippen LogP contribution in [0.4, 0.5) is 18.9 Å². The summed E-state index contributed by atoms with van der Waals surface area (Å²) in [6.07, 6.45) is 1.29. The fourth-order valence-electron chi connectivity index (χ4n) is 3.40. The topological polar surface area (TPSA) is 78.1 Å². The Morgan fingerprint density at radius 3 is 2.63 bits per heavy atom. The molecule has 1 unspecified atom stereocenters. The van der Waals surface area contributed by atoms with E-state index in [0.717, 1.165) is 25.7 Å². The van der Waals surface area contributed by atoms with Crippen molar-refractivity contribution in [3.05, 3.63) is 24.3 Å². The molecule has 1 saturated heterocycles. The molecule has 1 heterocycles. The van der Waals surface area contributed by atoms with Gasteiger partial charge >= 0.3 is 6.36 Å². The molecular formula is C18H24F3N3O3. The number of aliphatic imine (C=N–C) groups is 1. The Bertz CT molecular complexity index is 659. The number of guanidine groups is 1. The molecule has 9 heteroatoms. The maximum absolute atomic E-state index is 12.5. The van der Waals surface area contributed by atoms with Crippen LogP contribution in [0.25, 0.3) is 0 Å². The van der Waals surface area contributed by atoms with E-state index in [9.17, 15) is 13.2 Å². The van der Waals surface area contributed by atoms with Crippen molar-refractivity contribution < 1.29 is 27.4 Å². The molecule has 1 atom stereocenters. The van der Waals surface area contributed by atoms with E-state index in [0.29, 0.717) is 6.61 Å². The molecule has 0 radical (unpaired) electrons. The summed E-state index contributed by atoms with van der Waals surface area (Å²) >= 11 is 0. The first-order valence-electron chi connectivity index (χ1n) is 9.09. The average Bonchev–Trinajstić information content (AvgIpc) is 2.85. The lowest BCUT2D eigenvalue weighted by atomic mass is 10.1. The minimum atomic E-state index is -4.79. The number of rotatable bonds is 4. The third kappa shape index (κ3) is 5.74. The lowest BCUT2D eigenvalue weighted by Gasteiger charge is -2.26. The Hall–Kier alpha value is -2.00. The Kier molecular flexibility index (Phi) is 6.11. The molecular weight excluding hydrogens is 363 g/mol. The first-order valence-corrected chi connectivity index (χ1v) is 9.09. The van der Waals surface area contributed by atoms with Gasteiger partial charge in [0.05, 0.1) is 18.8 Å². The second-order valence-corrected chi connectivity index (χ2v) is 6.77. The lowest BCUT2D eigenvalue weighted by molar-refractivity contribution is -0.274. The van der Waals surface area contributed by atoms with E-state index in [2.05, 4.69) is 15.0 Å². The molecule has 3 N–H and O–H groups in total. The van der Waals surface area contributed by atoms with Gasteiger partial charge in [-0.15, -0.1) is 13.2 Å². The van der Waals surface area contributed by atoms with Crippen LogP contribution >= 0.6 is 0 Å². The number of hydrogen-bond donors (Lipinski definition) is 2. The highest BCUT2D eigenvalue weighted by Crippen LogP contribution is 2.36. The Balaban J connectivity index is 1.56. The SMILES string of the molecule is NC(=NCC1COC2(CCCCCC2)O1)Nc1ccccc1OC(F)(F)F. The van der Waals surface area contributed by atoms with Gasteiger partial charge in [0.25, 0.3) is 0 Å². The van der Waals surface area contributed by atoms with E-state index >= 15 is 0 Å². The van der Waals surface area contributed by atoms with Gasteiger partial charge in [-0.2, -0.15) is 0 Å². The van der Waals surface area contributed by atoms with Crippen LogP contribution in [0.3, 0.4) is 0 Å². The lowest BCUT2D eigenvalue weighted by Crippen LogP contribution is -2.31. The number of anilines is 1. The molecule has 1 aromatic carbocycles. The van der Waals surface area contributed by atoms with Gasteiger partial charge in [0.2, 0.25) is 0 Å². The van der Waals surface area contributed by atoms with Crippen LogP contribution in [0.5, 0.6) is 5.75 Å². The van der Waals surface area contributed by atoms with Crippen molar-refractivity contribution in [2.75, 3.05) is 18.5 Å². The minimum Gasteiger partial charge on any atom is -0.404 e. The third-order valence-corrected chi connectivity index (χ3v) is 4.62. The van der Waals surface area contributed by atoms with Gasteiger partial charge in [-0.1, -0.05) is 25.0 Å². The number of benzene rings is 1. The van der Waals surface area contributed by atoms with Crippen molar-refractivity contribution in [3.63, 3.8) is 0 Å². The van der Waals surface area contributed by atoms with E-state index in [1.807, 2.05) is 0 Å². The maximum atomic E-state index is 12.5. The van der Waals surface area contributed by atoms with Crippen molar-refractivity contribution in [2.45, 2.75) is 56.8 Å². The summed E-state index contributed by atoms with van der Waals surface area (Å²) in [5, 5.41) is 2.64. The number of nitrogens with two attached hydrogens (primary N) is 1. The Morgan fingerprint density at radius 1 is 1.22 bits per heavy atom. The quantitative estimate of drug-likeness (QED) is 0.607. The van der Waals surface area contributed by atoms with Crippen molar-refractivity contribution >= 4 is 11.6 Å². The van der Waals surface area contributed by atoms with Crippen LogP contribution in [-0.2, 0) is 9.47 Å². The van der Waals surface area contributed by atoms with Gasteiger partial charge in [0.1, 0.15) is 6.10 Å². The summed E-state index contributed by atoms with van der Waals surface area (Å²) in [5.41, 5.74) is 5.90. The van der Waals surface area contributed by atoms with E-state index in [4.69, 9.17) is 15.2 Å². The molecule has 3 rings (SSSR count). The predicted molar refractivity (Wildman–Crippen MR) is 94.5 cm³/mol. The highest BCUT2D eigenvalue weighted by atomic mass is 19.4. The molecule has 0 amide bonds. The van der Waals surface area contributed by atoms with Crippen LogP contribution in [0.1, 0.15) is 38.5 Å². The summed E-state index contributed by atoms with van der Waals surface area (Å²) in [6.45, 7) is 0.702. The number of alkyl halides is 3. The molecule has 6 nitrogen and oxygen atoms in total. The highest BCUT2D eigenvalue weighted by molar-refractivity contribution is 5.93. The molecule has 2 fully saturated rings. The van der Waals surface area contributed by atoms with E-state index in [1.165, 1.54) is 31.0 Å². The van der Waals surface area contributed by atoms with Gasteiger partial charge < -0.3 is 25.3 Å². The van der Waals surface area contributed by atoms with Gasteiger partial charge in [-0.3, -0.25) is 4.99 Å². The maximum Gasteiger partial charge on any atom is 0.573 e. The second-order valence-electron chi connectivity index (χ2n) is 6.77. The van der Waals surface area contributed by atoms with Gasteiger partial charge in [0.15, 0.2) is 17.5 Å². The van der Waals surface area contributed by atoms with Crippen LogP contribution in [0, 0.1) is 0 Å². The summed E-state index contributed by atoms with van der Waals surface area (Å²) in [5.74, 6) is -0.897. The smallest absolute Gasteiger partial charge is 0.404 e. The van der Waals surface area contributed by atoms with Crippen LogP contribution in [-0.4, -0.2) is 37.4 Å². The number of para-hydroxylation sites is 2. The molecule has 1 aromatic rings. The van der Waals surface area contributed by atoms with Gasteiger partial charge in [-0.05, 0) is 25.0 Å². The molecule has 1 spiro atoms. The number of hydrogen-bond acceptors (Lipinski definition) is 4. The van der Waals surface area contributed by atoms with Crippen molar-refractivity contribution in [1.29, 1.82) is 0 Å². The molecule has 1 aliphatic carbocycles. The predicted octanol–water partition coefficient (Wildman–Crippen LogP) is 3.78. The normalized spacial score (nSPS) is 23.2. The number of nitrogens with zero attached hydrogens (tertiary/aromatic N) is 1. The zero-order valence-electron chi connectivity index (χ0n) is 14.9. The minimum absolute atomic E-state index is 0.0151. The molecule has 150 valence electrons. The van der Waals surface area contributed by atoms with E-state index < -0.39 is 12.1 Å². The van der Waals surface area contributed by atoms with E-state index in [1.54, 1.807) is 6.07 Å². The zero-order valence-corrected chi connectivity index (χ0v) is 14.9. The van der Waals surface area contributed by atoms with Crippen molar-refractivity contribution in [3.8, 4) is 5.75 Å². The first kappa shape index (κ1) is 19.8. The van der Waals surface area contributed by atoms with E-state index in [-0.39, 0.29) is 30.0 Å². The van der Waals surface area contributed by atoms with Crippen molar-refractivity contribution in [2.24, 2.45) is 10.7 Å².